The molecule has 0 aliphatic carbocycles. The van der Waals surface area contributed by atoms with Crippen LogP contribution in [0.5, 0.6) is 0 Å². The number of allylic oxidation sites excluding steroid dienone is 2. The number of benzene rings is 2. The molecule has 2 nitrogen and oxygen atoms in total. The fourth-order valence-corrected chi connectivity index (χ4v) is 3.52. The summed E-state index contributed by atoms with van der Waals surface area (Å²) in [6, 6.07) is 19.5. The first-order valence-electron chi connectivity index (χ1n) is 8.60. The van der Waals surface area contributed by atoms with E-state index in [1.54, 1.807) is 0 Å². The summed E-state index contributed by atoms with van der Waals surface area (Å²) in [5.74, 6) is 0.112. The molecule has 0 bridgehead atoms. The number of Topliss-reactive ketones (excluding diaryl/α,β-unsaturated/α-hetero) is 1. The molecule has 2 aromatic rings. The molecule has 0 aliphatic heterocycles. The van der Waals surface area contributed by atoms with Crippen molar-refractivity contribution in [1.82, 2.24) is 0 Å². The van der Waals surface area contributed by atoms with Gasteiger partial charge < -0.3 is 4.43 Å². The van der Waals surface area contributed by atoms with Crippen molar-refractivity contribution in [1.29, 1.82) is 0 Å². The molecule has 1 atom stereocenters. The maximum absolute atomic E-state index is 12.5. The van der Waals surface area contributed by atoms with E-state index in [0.717, 1.165) is 11.1 Å². The molecule has 25 heavy (non-hydrogen) atoms. The molecule has 2 aromatic carbocycles. The van der Waals surface area contributed by atoms with Crippen molar-refractivity contribution in [2.45, 2.75) is 32.2 Å². The van der Waals surface area contributed by atoms with E-state index < -0.39 is 8.32 Å². The largest absolute Gasteiger partial charge is 0.411 e. The summed E-state index contributed by atoms with van der Waals surface area (Å²) in [5.41, 5.74) is 1.88. The zero-order valence-corrected chi connectivity index (χ0v) is 16.2. The lowest BCUT2D eigenvalue weighted by atomic mass is 10.1. The number of carbonyl (C=O) groups excluding carboxylic acids is 1. The summed E-state index contributed by atoms with van der Waals surface area (Å²) in [6.07, 6.45) is 8.16. The second-order valence-corrected chi connectivity index (χ2v) is 11.4. The Morgan fingerprint density at radius 2 is 1.56 bits per heavy atom. The molecular weight excluding hydrogens is 324 g/mol. The quantitative estimate of drug-likeness (QED) is 0.344. The van der Waals surface area contributed by atoms with E-state index in [1.807, 2.05) is 72.8 Å². The molecular formula is C22H26O2Si. The first kappa shape index (κ1) is 19.1. The van der Waals surface area contributed by atoms with Crippen LogP contribution in [0.1, 0.15) is 22.3 Å². The molecule has 0 fully saturated rings. The molecule has 2 rings (SSSR count). The minimum Gasteiger partial charge on any atom is -0.411 e. The number of rotatable bonds is 8. The zero-order chi connectivity index (χ0) is 18.1. The average Bonchev–Trinajstić information content (AvgIpc) is 2.59. The molecule has 0 aromatic heterocycles. The Morgan fingerprint density at radius 3 is 2.16 bits per heavy atom. The minimum atomic E-state index is -1.74. The highest BCUT2D eigenvalue weighted by atomic mass is 28.4. The van der Waals surface area contributed by atoms with E-state index in [2.05, 4.69) is 31.8 Å². The van der Waals surface area contributed by atoms with Crippen LogP contribution in [0.2, 0.25) is 19.6 Å². The van der Waals surface area contributed by atoms with Crippen LogP contribution in [-0.2, 0) is 4.43 Å². The Hall–Kier alpha value is -2.23. The van der Waals surface area contributed by atoms with Gasteiger partial charge in [0, 0.05) is 12.0 Å². The number of ketones is 1. The first-order valence-corrected chi connectivity index (χ1v) is 12.0. The molecule has 0 N–H and O–H groups in total. The predicted octanol–water partition coefficient (Wildman–Crippen LogP) is 5.75. The fourth-order valence-electron chi connectivity index (χ4n) is 2.45. The van der Waals surface area contributed by atoms with Gasteiger partial charge in [0.25, 0.3) is 0 Å². The van der Waals surface area contributed by atoms with Crippen LogP contribution in [0.15, 0.2) is 78.9 Å². The van der Waals surface area contributed by atoms with E-state index in [-0.39, 0.29) is 11.9 Å². The van der Waals surface area contributed by atoms with Crippen LogP contribution in [0, 0.1) is 0 Å². The first-order chi connectivity index (χ1) is 11.9. The maximum atomic E-state index is 12.5. The van der Waals surface area contributed by atoms with Crippen molar-refractivity contribution in [3.8, 4) is 0 Å². The summed E-state index contributed by atoms with van der Waals surface area (Å²) in [5, 5.41) is 0. The standard InChI is InChI=1S/C22H26O2Si/c1-25(2,3)24-21(18-22(23)20-15-8-5-9-16-20)17-11-10-14-19-12-6-4-7-13-19/h4-17,21H,18H2,1-3H3. The van der Waals surface area contributed by atoms with Gasteiger partial charge in [0.05, 0.1) is 6.10 Å². The fraction of sp³-hybridized carbons (Fsp3) is 0.227. The van der Waals surface area contributed by atoms with E-state index in [1.165, 1.54) is 0 Å². The van der Waals surface area contributed by atoms with Gasteiger partial charge in [-0.05, 0) is 25.2 Å². The normalized spacial score (nSPS) is 13.4. The number of hydrogen-bond donors (Lipinski definition) is 0. The molecule has 0 saturated heterocycles. The van der Waals surface area contributed by atoms with Crippen molar-refractivity contribution in [2.75, 3.05) is 0 Å². The summed E-state index contributed by atoms with van der Waals surface area (Å²) in [4.78, 5) is 12.5. The van der Waals surface area contributed by atoms with Gasteiger partial charge in [0.15, 0.2) is 14.1 Å². The third-order valence-corrected chi connectivity index (χ3v) is 4.52. The third kappa shape index (κ3) is 7.46. The summed E-state index contributed by atoms with van der Waals surface area (Å²) in [7, 11) is -1.74. The van der Waals surface area contributed by atoms with Crippen molar-refractivity contribution in [3.05, 3.63) is 90.0 Å². The highest BCUT2D eigenvalue weighted by Crippen LogP contribution is 2.15. The summed E-state index contributed by atoms with van der Waals surface area (Å²) >= 11 is 0. The second kappa shape index (κ2) is 9.30. The third-order valence-electron chi connectivity index (χ3n) is 3.51. The van der Waals surface area contributed by atoms with Gasteiger partial charge in [0.1, 0.15) is 0 Å². The lowest BCUT2D eigenvalue weighted by Gasteiger charge is -2.23. The SMILES string of the molecule is C[Si](C)(C)OC(C=CC=Cc1ccccc1)CC(=O)c1ccccc1. The van der Waals surface area contributed by atoms with Gasteiger partial charge in [-0.3, -0.25) is 4.79 Å². The van der Waals surface area contributed by atoms with Gasteiger partial charge in [-0.15, -0.1) is 0 Å². The topological polar surface area (TPSA) is 26.3 Å². The monoisotopic (exact) mass is 350 g/mol. The van der Waals surface area contributed by atoms with Gasteiger partial charge in [0.2, 0.25) is 0 Å². The van der Waals surface area contributed by atoms with Crippen molar-refractivity contribution < 1.29 is 9.22 Å². The molecule has 0 amide bonds. The highest BCUT2D eigenvalue weighted by molar-refractivity contribution is 6.69. The van der Waals surface area contributed by atoms with Gasteiger partial charge >= 0.3 is 0 Å². The predicted molar refractivity (Wildman–Crippen MR) is 108 cm³/mol. The number of carbonyl (C=O) groups is 1. The Kier molecular flexibility index (Phi) is 7.11. The number of hydrogen-bond acceptors (Lipinski definition) is 2. The van der Waals surface area contributed by atoms with E-state index in [0.29, 0.717) is 6.42 Å². The zero-order valence-electron chi connectivity index (χ0n) is 15.2. The minimum absolute atomic E-state index is 0.112. The second-order valence-electron chi connectivity index (χ2n) is 6.92. The van der Waals surface area contributed by atoms with Crippen LogP contribution in [0.3, 0.4) is 0 Å². The van der Waals surface area contributed by atoms with E-state index in [4.69, 9.17) is 4.43 Å². The van der Waals surface area contributed by atoms with Crippen LogP contribution in [-0.4, -0.2) is 20.2 Å². The molecule has 3 heteroatoms. The molecule has 0 radical (unpaired) electrons. The molecule has 130 valence electrons. The van der Waals surface area contributed by atoms with Crippen molar-refractivity contribution >= 4 is 20.2 Å². The van der Waals surface area contributed by atoms with E-state index >= 15 is 0 Å². The van der Waals surface area contributed by atoms with Crippen LogP contribution < -0.4 is 0 Å². The van der Waals surface area contributed by atoms with Crippen molar-refractivity contribution in [2.24, 2.45) is 0 Å². The molecule has 0 saturated carbocycles. The summed E-state index contributed by atoms with van der Waals surface area (Å²) < 4.78 is 6.18. The van der Waals surface area contributed by atoms with E-state index in [9.17, 15) is 4.79 Å². The Labute approximate surface area is 152 Å². The molecule has 0 aliphatic rings. The van der Waals surface area contributed by atoms with Gasteiger partial charge in [-0.25, -0.2) is 0 Å². The Balaban J connectivity index is 2.03. The Bertz CT molecular complexity index is 713. The smallest absolute Gasteiger partial charge is 0.184 e. The van der Waals surface area contributed by atoms with Gasteiger partial charge in [-0.1, -0.05) is 85.0 Å². The highest BCUT2D eigenvalue weighted by Gasteiger charge is 2.21. The maximum Gasteiger partial charge on any atom is 0.184 e. The molecule has 0 heterocycles. The molecule has 1 unspecified atom stereocenters. The Morgan fingerprint density at radius 1 is 0.960 bits per heavy atom. The molecule has 0 spiro atoms. The van der Waals surface area contributed by atoms with Crippen LogP contribution >= 0.6 is 0 Å². The van der Waals surface area contributed by atoms with Crippen LogP contribution in [0.25, 0.3) is 6.08 Å². The van der Waals surface area contributed by atoms with Crippen molar-refractivity contribution in [3.63, 3.8) is 0 Å². The lowest BCUT2D eigenvalue weighted by molar-refractivity contribution is 0.0933. The average molecular weight is 351 g/mol. The van der Waals surface area contributed by atoms with Crippen LogP contribution in [0.4, 0.5) is 0 Å². The lowest BCUT2D eigenvalue weighted by Crippen LogP contribution is -2.32. The summed E-state index contributed by atoms with van der Waals surface area (Å²) in [6.45, 7) is 6.42. The van der Waals surface area contributed by atoms with Gasteiger partial charge in [-0.2, -0.15) is 0 Å².